The number of carbonyl (C=O) groups is 1. The minimum Gasteiger partial charge on any atom is -0.374 e. The molecule has 2 aliphatic rings. The molecular weight excluding hydrogens is 326 g/mol. The van der Waals surface area contributed by atoms with E-state index in [2.05, 4.69) is 20.9 Å². The second-order valence-corrected chi connectivity index (χ2v) is 7.49. The number of nitrogens with one attached hydrogen (secondary N) is 1. The molecule has 1 atom stereocenters. The van der Waals surface area contributed by atoms with Gasteiger partial charge in [0.1, 0.15) is 5.82 Å². The first-order valence-corrected chi connectivity index (χ1v) is 9.79. The fourth-order valence-electron chi connectivity index (χ4n) is 4.01. The van der Waals surface area contributed by atoms with Crippen molar-refractivity contribution in [3.05, 3.63) is 48.0 Å². The van der Waals surface area contributed by atoms with Crippen LogP contribution < -0.4 is 5.32 Å². The second kappa shape index (κ2) is 8.04. The topological polar surface area (TPSA) is 56.1 Å². The Morgan fingerprint density at radius 3 is 3.00 bits per heavy atom. The summed E-state index contributed by atoms with van der Waals surface area (Å²) in [6.45, 7) is 1.34. The molecule has 0 unspecified atom stereocenters. The number of benzene rings is 1. The number of nitrogens with zero attached hydrogens (tertiary/aromatic N) is 2. The van der Waals surface area contributed by atoms with Crippen LogP contribution >= 0.6 is 0 Å². The quantitative estimate of drug-likeness (QED) is 0.886. The lowest BCUT2D eigenvalue weighted by molar-refractivity contribution is -0.120. The monoisotopic (exact) mass is 353 g/mol. The van der Waals surface area contributed by atoms with E-state index in [0.29, 0.717) is 19.3 Å². The number of rotatable bonds is 5. The van der Waals surface area contributed by atoms with Gasteiger partial charge in [0.2, 0.25) is 5.91 Å². The number of imidazole rings is 1. The molecule has 138 valence electrons. The molecule has 0 radical (unpaired) electrons. The van der Waals surface area contributed by atoms with Gasteiger partial charge in [-0.25, -0.2) is 4.98 Å². The van der Waals surface area contributed by atoms with Gasteiger partial charge in [-0.05, 0) is 37.0 Å². The summed E-state index contributed by atoms with van der Waals surface area (Å²) < 4.78 is 8.14. The normalized spacial score (nSPS) is 20.5. The summed E-state index contributed by atoms with van der Waals surface area (Å²) in [7, 11) is 0. The van der Waals surface area contributed by atoms with E-state index >= 15 is 0 Å². The van der Waals surface area contributed by atoms with Gasteiger partial charge in [-0.3, -0.25) is 4.79 Å². The van der Waals surface area contributed by atoms with Crippen LogP contribution in [0.1, 0.15) is 49.9 Å². The average molecular weight is 353 g/mol. The van der Waals surface area contributed by atoms with E-state index in [1.165, 1.54) is 32.1 Å². The van der Waals surface area contributed by atoms with Gasteiger partial charge in [0.05, 0.1) is 18.6 Å². The van der Waals surface area contributed by atoms with E-state index in [9.17, 15) is 4.79 Å². The predicted octanol–water partition coefficient (Wildman–Crippen LogP) is 3.93. The number of ether oxygens (including phenoxy) is 1. The van der Waals surface area contributed by atoms with Crippen molar-refractivity contribution in [2.45, 2.75) is 64.2 Å². The number of hydrogen-bond acceptors (Lipinski definition) is 3. The second-order valence-electron chi connectivity index (χ2n) is 7.49. The maximum Gasteiger partial charge on any atom is 0.229 e. The molecule has 0 spiro atoms. The molecule has 0 bridgehead atoms. The molecule has 4 rings (SSSR count). The molecule has 0 saturated heterocycles. The number of carbonyl (C=O) groups excluding carboxylic acids is 1. The molecule has 1 N–H and O–H groups in total. The third-order valence-electron chi connectivity index (χ3n) is 5.54. The van der Waals surface area contributed by atoms with Crippen LogP contribution in [0, 0.1) is 5.92 Å². The summed E-state index contributed by atoms with van der Waals surface area (Å²) in [4.78, 5) is 17.0. The highest BCUT2D eigenvalue weighted by Crippen LogP contribution is 2.23. The minimum absolute atomic E-state index is 0.00107. The predicted molar refractivity (Wildman–Crippen MR) is 101 cm³/mol. The molecule has 1 aromatic heterocycles. The van der Waals surface area contributed by atoms with Crippen molar-refractivity contribution in [3.8, 4) is 0 Å². The van der Waals surface area contributed by atoms with Crippen molar-refractivity contribution in [3.63, 3.8) is 0 Å². The Balaban J connectivity index is 1.32. The van der Waals surface area contributed by atoms with Crippen molar-refractivity contribution in [1.82, 2.24) is 9.55 Å². The van der Waals surface area contributed by atoms with Crippen molar-refractivity contribution in [2.24, 2.45) is 5.92 Å². The largest absolute Gasteiger partial charge is 0.374 e. The van der Waals surface area contributed by atoms with Gasteiger partial charge in [0, 0.05) is 31.0 Å². The first-order chi connectivity index (χ1) is 12.8. The van der Waals surface area contributed by atoms with E-state index in [1.54, 1.807) is 0 Å². The summed E-state index contributed by atoms with van der Waals surface area (Å²) >= 11 is 0. The van der Waals surface area contributed by atoms with Gasteiger partial charge in [0.25, 0.3) is 0 Å². The maximum absolute atomic E-state index is 12.6. The van der Waals surface area contributed by atoms with Crippen LogP contribution in [0.25, 0.3) is 0 Å². The molecule has 5 heteroatoms. The molecule has 1 aromatic carbocycles. The Bertz CT molecular complexity index is 749. The number of anilines is 1. The van der Waals surface area contributed by atoms with Crippen LogP contribution in [-0.2, 0) is 29.1 Å². The number of fused-ring (bicyclic) bond motifs is 1. The van der Waals surface area contributed by atoms with Gasteiger partial charge < -0.3 is 14.6 Å². The summed E-state index contributed by atoms with van der Waals surface area (Å²) in [5.41, 5.74) is 1.98. The van der Waals surface area contributed by atoms with Crippen molar-refractivity contribution in [2.75, 3.05) is 5.32 Å². The molecule has 2 aromatic rings. The lowest BCUT2D eigenvalue weighted by atomic mass is 9.98. The van der Waals surface area contributed by atoms with Crippen LogP contribution in [0.5, 0.6) is 0 Å². The molecule has 1 saturated carbocycles. The van der Waals surface area contributed by atoms with Crippen LogP contribution in [-0.4, -0.2) is 21.6 Å². The Labute approximate surface area is 154 Å². The summed E-state index contributed by atoms with van der Waals surface area (Å²) in [5.74, 6) is 1.17. The zero-order valence-electron chi connectivity index (χ0n) is 15.2. The van der Waals surface area contributed by atoms with Gasteiger partial charge in [-0.1, -0.05) is 31.4 Å². The smallest absolute Gasteiger partial charge is 0.229 e. The van der Waals surface area contributed by atoms with E-state index in [0.717, 1.165) is 29.9 Å². The molecule has 1 fully saturated rings. The molecule has 1 aliphatic heterocycles. The van der Waals surface area contributed by atoms with Crippen molar-refractivity contribution >= 4 is 11.6 Å². The number of aromatic nitrogens is 2. The average Bonchev–Trinajstić information content (AvgIpc) is 3.15. The first-order valence-electron chi connectivity index (χ1n) is 9.79. The van der Waals surface area contributed by atoms with E-state index in [1.807, 2.05) is 30.6 Å². The maximum atomic E-state index is 12.6. The van der Waals surface area contributed by atoms with Gasteiger partial charge in [-0.2, -0.15) is 0 Å². The molecular formula is C21H27N3O2. The first kappa shape index (κ1) is 17.3. The van der Waals surface area contributed by atoms with Gasteiger partial charge >= 0.3 is 0 Å². The molecule has 5 nitrogen and oxygen atoms in total. The molecule has 2 heterocycles. The SMILES string of the molecule is O=C(Nc1cccc(COC2CCCCC2)c1)[C@H]1CCc2nccn2C1. The highest BCUT2D eigenvalue weighted by molar-refractivity contribution is 5.92. The Kier molecular flexibility index (Phi) is 5.34. The minimum atomic E-state index is -0.00107. The zero-order chi connectivity index (χ0) is 17.8. The third kappa shape index (κ3) is 4.15. The summed E-state index contributed by atoms with van der Waals surface area (Å²) in [5, 5.41) is 3.08. The highest BCUT2D eigenvalue weighted by Gasteiger charge is 2.25. The molecule has 26 heavy (non-hydrogen) atoms. The van der Waals surface area contributed by atoms with Crippen LogP contribution in [0.3, 0.4) is 0 Å². The Morgan fingerprint density at radius 1 is 1.23 bits per heavy atom. The Morgan fingerprint density at radius 2 is 2.12 bits per heavy atom. The number of amides is 1. The molecule has 1 aliphatic carbocycles. The van der Waals surface area contributed by atoms with Gasteiger partial charge in [0.15, 0.2) is 0 Å². The van der Waals surface area contributed by atoms with Gasteiger partial charge in [-0.15, -0.1) is 0 Å². The number of aryl methyl sites for hydroxylation is 1. The van der Waals surface area contributed by atoms with Crippen molar-refractivity contribution < 1.29 is 9.53 Å². The fraction of sp³-hybridized carbons (Fsp3) is 0.524. The van der Waals surface area contributed by atoms with Crippen molar-refractivity contribution in [1.29, 1.82) is 0 Å². The summed E-state index contributed by atoms with van der Waals surface area (Å²) in [6.07, 6.45) is 12.1. The van der Waals surface area contributed by atoms with Crippen LogP contribution in [0.4, 0.5) is 5.69 Å². The van der Waals surface area contributed by atoms with Crippen LogP contribution in [0.15, 0.2) is 36.7 Å². The highest BCUT2D eigenvalue weighted by atomic mass is 16.5. The van der Waals surface area contributed by atoms with E-state index in [4.69, 9.17) is 4.74 Å². The van der Waals surface area contributed by atoms with Crippen LogP contribution in [0.2, 0.25) is 0 Å². The zero-order valence-corrected chi connectivity index (χ0v) is 15.2. The Hall–Kier alpha value is -2.14. The fourth-order valence-corrected chi connectivity index (χ4v) is 4.01. The standard InChI is InChI=1S/C21H27N3O2/c25-21(17-9-10-20-22-11-12-24(20)14-17)23-18-6-4-5-16(13-18)15-26-19-7-2-1-3-8-19/h4-6,11-13,17,19H,1-3,7-10,14-15H2,(H,23,25)/t17-/m0/s1. The molecule has 1 amide bonds. The lowest BCUT2D eigenvalue weighted by Crippen LogP contribution is -2.31. The number of hydrogen-bond donors (Lipinski definition) is 1. The third-order valence-corrected chi connectivity index (χ3v) is 5.54. The summed E-state index contributed by atoms with van der Waals surface area (Å²) in [6, 6.07) is 8.04. The lowest BCUT2D eigenvalue weighted by Gasteiger charge is -2.23. The van der Waals surface area contributed by atoms with E-state index in [-0.39, 0.29) is 11.8 Å². The van der Waals surface area contributed by atoms with E-state index < -0.39 is 0 Å².